The zero-order valence-electron chi connectivity index (χ0n) is 23.3. The van der Waals surface area contributed by atoms with Crippen LogP contribution in [0.5, 0.6) is 0 Å². The first-order valence-corrected chi connectivity index (χ1v) is 14.1. The molecule has 0 radical (unpaired) electrons. The van der Waals surface area contributed by atoms with Gasteiger partial charge in [0.2, 0.25) is 0 Å². The molecule has 38 heavy (non-hydrogen) atoms. The van der Waals surface area contributed by atoms with Gasteiger partial charge in [-0.25, -0.2) is 0 Å². The second-order valence-electron chi connectivity index (χ2n) is 12.9. The molecular weight excluding hydrogens is 494 g/mol. The van der Waals surface area contributed by atoms with Gasteiger partial charge in [-0.3, -0.25) is 14.5 Å². The molecule has 2 N–H and O–H groups in total. The molecule has 5 aliphatic carbocycles. The Balaban J connectivity index is 1.67. The fraction of sp³-hybridized carbons (Fsp3) is 0.929. The van der Waals surface area contributed by atoms with Crippen molar-refractivity contribution < 1.29 is 43.5 Å². The summed E-state index contributed by atoms with van der Waals surface area (Å²) in [7, 11) is 4.91. The van der Waals surface area contributed by atoms with Gasteiger partial charge in [0.25, 0.3) is 0 Å². The Labute approximate surface area is 224 Å². The number of hydrogen-bond acceptors (Lipinski definition) is 10. The van der Waals surface area contributed by atoms with E-state index in [0.29, 0.717) is 32.5 Å². The number of nitrogens with zero attached hydrogens (tertiary/aromatic N) is 1. The number of likely N-dealkylation sites (tertiary alicyclic amines) is 1. The highest BCUT2D eigenvalue weighted by Gasteiger charge is 2.92. The minimum absolute atomic E-state index is 0.134. The number of carbonyl (C=O) groups excluding carboxylic acids is 2. The Hall–Kier alpha value is -1.30. The average molecular weight is 538 g/mol. The van der Waals surface area contributed by atoms with Crippen LogP contribution in [-0.4, -0.2) is 110 Å². The van der Waals surface area contributed by atoms with E-state index in [2.05, 4.69) is 11.8 Å². The number of hydrogen-bond donors (Lipinski definition) is 2. The smallest absolute Gasteiger partial charge is 0.302 e. The topological polar surface area (TPSA) is 124 Å². The molecule has 0 aromatic carbocycles. The summed E-state index contributed by atoms with van der Waals surface area (Å²) in [4.78, 5) is 27.2. The molecule has 6 fully saturated rings. The van der Waals surface area contributed by atoms with E-state index in [1.165, 1.54) is 13.8 Å². The molecule has 214 valence electrons. The first-order valence-electron chi connectivity index (χ1n) is 14.1. The lowest BCUT2D eigenvalue weighted by molar-refractivity contribution is -0.318. The van der Waals surface area contributed by atoms with E-state index < -0.39 is 59.0 Å². The highest BCUT2D eigenvalue weighted by Crippen LogP contribution is 2.80. The quantitative estimate of drug-likeness (QED) is 0.450. The van der Waals surface area contributed by atoms with Crippen molar-refractivity contribution in [1.82, 2.24) is 4.90 Å². The molecule has 1 saturated heterocycles. The molecule has 6 aliphatic rings. The molecule has 0 aromatic heterocycles. The monoisotopic (exact) mass is 537 g/mol. The second kappa shape index (κ2) is 8.60. The van der Waals surface area contributed by atoms with E-state index in [1.807, 2.05) is 0 Å². The van der Waals surface area contributed by atoms with Crippen LogP contribution in [0, 0.1) is 34.5 Å². The summed E-state index contributed by atoms with van der Waals surface area (Å²) >= 11 is 0. The molecular formula is C28H43NO9. The fourth-order valence-electron chi connectivity index (χ4n) is 11.4. The molecule has 0 aromatic rings. The number of likely N-dealkylation sites (N-methyl/N-ethyl adjacent to an activating group) is 1. The van der Waals surface area contributed by atoms with E-state index in [0.717, 1.165) is 6.42 Å². The van der Waals surface area contributed by atoms with Gasteiger partial charge in [0.1, 0.15) is 23.4 Å². The maximum absolute atomic E-state index is 13.2. The van der Waals surface area contributed by atoms with Crippen molar-refractivity contribution in [3.05, 3.63) is 0 Å². The number of carbonyl (C=O) groups is 2. The van der Waals surface area contributed by atoms with Gasteiger partial charge in [0.05, 0.1) is 24.9 Å². The van der Waals surface area contributed by atoms with Crippen molar-refractivity contribution in [1.29, 1.82) is 0 Å². The maximum atomic E-state index is 13.2. The van der Waals surface area contributed by atoms with Crippen LogP contribution in [0.1, 0.15) is 46.5 Å². The minimum Gasteiger partial charge on any atom is -0.462 e. The molecule has 10 nitrogen and oxygen atoms in total. The Bertz CT molecular complexity index is 1010. The first kappa shape index (κ1) is 26.9. The third-order valence-corrected chi connectivity index (χ3v) is 11.8. The largest absolute Gasteiger partial charge is 0.462 e. The molecule has 10 heteroatoms. The number of piperidine rings is 1. The van der Waals surface area contributed by atoms with E-state index in [4.69, 9.17) is 23.7 Å². The SMILES string of the molecule is CCN1C[C@]2(COC)CCC(OC(C)=O)[C@@]34[C@@H]5C[C@H]6[C@H](OC(C)=O)[C@@H]5[C@](O)(C[C@@H]6OC)[C@](O)([C@@H](OC)[C@H]23)[C@@H]14. The summed E-state index contributed by atoms with van der Waals surface area (Å²) in [6.45, 7) is 6.70. The zero-order valence-corrected chi connectivity index (χ0v) is 23.3. The molecule has 1 unspecified atom stereocenters. The zero-order chi connectivity index (χ0) is 27.4. The van der Waals surface area contributed by atoms with E-state index >= 15 is 0 Å². The van der Waals surface area contributed by atoms with Crippen LogP contribution in [-0.2, 0) is 33.3 Å². The lowest BCUT2D eigenvalue weighted by Crippen LogP contribution is -2.82. The van der Waals surface area contributed by atoms with Crippen molar-refractivity contribution >= 4 is 11.9 Å². The van der Waals surface area contributed by atoms with Gasteiger partial charge in [0, 0.05) is 76.7 Å². The fourth-order valence-corrected chi connectivity index (χ4v) is 11.4. The number of esters is 2. The summed E-state index contributed by atoms with van der Waals surface area (Å²) < 4.78 is 30.2. The summed E-state index contributed by atoms with van der Waals surface area (Å²) in [5.41, 5.74) is -4.45. The van der Waals surface area contributed by atoms with E-state index in [9.17, 15) is 19.8 Å². The molecule has 5 saturated carbocycles. The second-order valence-corrected chi connectivity index (χ2v) is 12.9. The summed E-state index contributed by atoms with van der Waals surface area (Å²) in [6.07, 6.45) is 0.00649. The Morgan fingerprint density at radius 2 is 1.76 bits per heavy atom. The lowest BCUT2D eigenvalue weighted by atomic mass is 9.42. The van der Waals surface area contributed by atoms with Gasteiger partial charge in [-0.05, 0) is 31.7 Å². The number of fused-ring (bicyclic) bond motifs is 2. The van der Waals surface area contributed by atoms with Crippen molar-refractivity contribution in [3.8, 4) is 0 Å². The maximum Gasteiger partial charge on any atom is 0.302 e. The van der Waals surface area contributed by atoms with Gasteiger partial charge < -0.3 is 33.9 Å². The molecule has 13 atom stereocenters. The Kier molecular flexibility index (Phi) is 6.09. The predicted octanol–water partition coefficient (Wildman–Crippen LogP) is 0.759. The van der Waals surface area contributed by atoms with Gasteiger partial charge >= 0.3 is 11.9 Å². The lowest BCUT2D eigenvalue weighted by Gasteiger charge is -2.69. The third-order valence-electron chi connectivity index (χ3n) is 11.8. The molecule has 1 spiro atoms. The number of ether oxygens (including phenoxy) is 5. The number of aliphatic hydroxyl groups is 2. The Morgan fingerprint density at radius 3 is 2.34 bits per heavy atom. The van der Waals surface area contributed by atoms with Gasteiger partial charge in [-0.2, -0.15) is 0 Å². The van der Waals surface area contributed by atoms with Crippen LogP contribution in [0.15, 0.2) is 0 Å². The van der Waals surface area contributed by atoms with Crippen molar-refractivity contribution in [2.45, 2.75) is 88.1 Å². The molecule has 7 bridgehead atoms. The average Bonchev–Trinajstić information content (AvgIpc) is 3.25. The van der Waals surface area contributed by atoms with Crippen LogP contribution < -0.4 is 0 Å². The van der Waals surface area contributed by atoms with Crippen molar-refractivity contribution in [2.75, 3.05) is 41.0 Å². The highest BCUT2D eigenvalue weighted by atomic mass is 16.6. The van der Waals surface area contributed by atoms with Crippen LogP contribution in [0.4, 0.5) is 0 Å². The normalized spacial score (nSPS) is 54.1. The van der Waals surface area contributed by atoms with E-state index in [-0.39, 0.29) is 35.6 Å². The standard InChI is InChI=1S/C28H43NO9/c1-7-29-12-25(13-34-4)9-8-19(37-14(2)30)27-17-10-16-18(35-5)11-26(32,20(17)21(16)38-15(3)31)28(33,24(27)29)23(36-6)22(25)27/h16-24,32-33H,7-13H2,1-6H3/t16-,17-,18+,19?,20-,21+,22-,23+,24+,25+,26-,27+,28+/m1/s1. The van der Waals surface area contributed by atoms with Crippen LogP contribution in [0.2, 0.25) is 0 Å². The Morgan fingerprint density at radius 1 is 1.05 bits per heavy atom. The van der Waals surface area contributed by atoms with Gasteiger partial charge in [0.15, 0.2) is 0 Å². The van der Waals surface area contributed by atoms with Gasteiger partial charge in [-0.15, -0.1) is 0 Å². The van der Waals surface area contributed by atoms with Crippen molar-refractivity contribution in [3.63, 3.8) is 0 Å². The predicted molar refractivity (Wildman–Crippen MR) is 133 cm³/mol. The summed E-state index contributed by atoms with van der Waals surface area (Å²) in [5.74, 6) is -1.87. The molecule has 6 rings (SSSR count). The van der Waals surface area contributed by atoms with Crippen LogP contribution in [0.3, 0.4) is 0 Å². The first-order chi connectivity index (χ1) is 18.0. The molecule has 1 heterocycles. The molecule has 0 amide bonds. The third kappa shape index (κ3) is 2.84. The number of methoxy groups -OCH3 is 3. The van der Waals surface area contributed by atoms with Crippen molar-refractivity contribution in [2.24, 2.45) is 34.5 Å². The van der Waals surface area contributed by atoms with E-state index in [1.54, 1.807) is 21.3 Å². The number of rotatable bonds is 7. The van der Waals surface area contributed by atoms with Gasteiger partial charge in [-0.1, -0.05) is 6.92 Å². The van der Waals surface area contributed by atoms with Crippen LogP contribution in [0.25, 0.3) is 0 Å². The minimum atomic E-state index is -1.72. The summed E-state index contributed by atoms with van der Waals surface area (Å²) in [5, 5.41) is 26.1. The summed E-state index contributed by atoms with van der Waals surface area (Å²) in [6, 6.07) is -0.511. The highest BCUT2D eigenvalue weighted by molar-refractivity contribution is 5.67. The van der Waals surface area contributed by atoms with Crippen LogP contribution >= 0.6 is 0 Å². The molecule has 1 aliphatic heterocycles.